The van der Waals surface area contributed by atoms with Crippen molar-refractivity contribution in [2.24, 2.45) is 0 Å². The van der Waals surface area contributed by atoms with Crippen molar-refractivity contribution in [3.8, 4) is 0 Å². The Morgan fingerprint density at radius 3 is 0.818 bits per heavy atom. The van der Waals surface area contributed by atoms with Gasteiger partial charge in [0.1, 0.15) is 12.4 Å². The van der Waals surface area contributed by atoms with Crippen molar-refractivity contribution >= 4 is 44.7 Å². The molecule has 77 heavy (non-hydrogen) atoms. The van der Waals surface area contributed by atoms with Gasteiger partial charge in [-0.15, -0.1) is 0 Å². The van der Waals surface area contributed by atoms with Gasteiger partial charge in [-0.2, -0.15) is 127 Å². The molecule has 6 rings (SSSR count). The first-order valence-electron chi connectivity index (χ1n) is 21.5. The topological polar surface area (TPSA) is 17.1 Å². The first kappa shape index (κ1) is 61.6. The Morgan fingerprint density at radius 1 is 0.377 bits per heavy atom. The standard InChI is InChI=1S/C32H12BF24.C18H21OS/c34-25(35,36)13-1-14(26(37,38)39)6-21(5-13)33(22-7-15(27(40,41)42)2-16(8-22)28(43,44)45,23-9-17(29(46,47)48)3-18(10-23)30(49,50)51)24-11-19(31(52,53)54)4-20(12-24)32(55,56)57;1-14(2)15-9-11-17(12-10-15)20(3)13-18(19)16-7-5-4-6-8-16/h1-12H;4-12,14H,13H2,1-3H3/q-1;+1. The highest BCUT2D eigenvalue weighted by Gasteiger charge is 2.47. The maximum atomic E-state index is 14.2. The molecule has 0 aliphatic rings. The summed E-state index contributed by atoms with van der Waals surface area (Å²) in [6.07, 6.45) is -52.7. The molecule has 27 heteroatoms. The number of carbonyl (C=O) groups excluding carboxylic acids is 1. The average Bonchev–Trinajstić information content (AvgIpc) is 3.29. The van der Waals surface area contributed by atoms with Gasteiger partial charge in [0, 0.05) is 16.5 Å². The summed E-state index contributed by atoms with van der Waals surface area (Å²) < 4.78 is 341. The van der Waals surface area contributed by atoms with Crippen LogP contribution >= 0.6 is 0 Å². The number of benzene rings is 6. The van der Waals surface area contributed by atoms with Crippen molar-refractivity contribution < 1.29 is 110 Å². The third-order valence-corrected chi connectivity index (χ3v) is 13.6. The van der Waals surface area contributed by atoms with Gasteiger partial charge in [0.05, 0.1) is 44.5 Å². The fourth-order valence-corrected chi connectivity index (χ4v) is 9.47. The lowest BCUT2D eigenvalue weighted by Gasteiger charge is -2.46. The first-order valence-corrected chi connectivity index (χ1v) is 23.3. The molecule has 0 spiro atoms. The van der Waals surface area contributed by atoms with Crippen LogP contribution in [-0.2, 0) is 60.3 Å². The van der Waals surface area contributed by atoms with Gasteiger partial charge in [-0.3, -0.25) is 4.79 Å². The third kappa shape index (κ3) is 14.7. The quantitative estimate of drug-likeness (QED) is 0.0610. The van der Waals surface area contributed by atoms with Gasteiger partial charge in [-0.25, -0.2) is 0 Å². The second kappa shape index (κ2) is 21.5. The van der Waals surface area contributed by atoms with E-state index in [-0.39, 0.29) is 16.7 Å². The number of rotatable bonds is 9. The summed E-state index contributed by atoms with van der Waals surface area (Å²) in [6.45, 7) is 4.39. The van der Waals surface area contributed by atoms with Gasteiger partial charge in [0.2, 0.25) is 5.78 Å². The lowest BCUT2D eigenvalue weighted by Crippen LogP contribution is -2.75. The molecule has 1 unspecified atom stereocenters. The zero-order valence-electron chi connectivity index (χ0n) is 38.9. The van der Waals surface area contributed by atoms with E-state index >= 15 is 0 Å². The Hall–Kier alpha value is -6.28. The first-order chi connectivity index (χ1) is 34.8. The molecule has 6 aromatic rings. The molecule has 0 saturated carbocycles. The SMILES string of the molecule is CC(C)c1ccc([S+](C)CC(=O)c2ccccc2)cc1.FC(F)(F)c1cc([B-](c2cc(C(F)(F)F)cc(C(F)(F)F)c2)(c2cc(C(F)(F)F)cc(C(F)(F)F)c2)c2cc(C(F)(F)F)cc(C(F)(F)F)c2)cc(C(F)(F)F)c1. The lowest BCUT2D eigenvalue weighted by molar-refractivity contribution is -0.144. The van der Waals surface area contributed by atoms with Gasteiger partial charge < -0.3 is 0 Å². The molecule has 0 fully saturated rings. The number of Topliss-reactive ketones (excluding diaryl/α,β-unsaturated/α-hetero) is 1. The van der Waals surface area contributed by atoms with Crippen molar-refractivity contribution in [2.75, 3.05) is 12.0 Å². The number of halogens is 24. The van der Waals surface area contributed by atoms with Crippen LogP contribution in [0.15, 0.2) is 132 Å². The predicted molar refractivity (Wildman–Crippen MR) is 238 cm³/mol. The van der Waals surface area contributed by atoms with E-state index in [2.05, 4.69) is 44.4 Å². The number of hydrogen-bond acceptors (Lipinski definition) is 1. The lowest BCUT2D eigenvalue weighted by atomic mass is 9.12. The van der Waals surface area contributed by atoms with Crippen molar-refractivity contribution in [3.05, 3.63) is 183 Å². The molecule has 416 valence electrons. The molecule has 6 aromatic carbocycles. The van der Waals surface area contributed by atoms with Crippen molar-refractivity contribution in [3.63, 3.8) is 0 Å². The Kier molecular flexibility index (Phi) is 17.2. The molecule has 0 bridgehead atoms. The van der Waals surface area contributed by atoms with Gasteiger partial charge >= 0.3 is 49.4 Å². The van der Waals surface area contributed by atoms with Gasteiger partial charge in [0.15, 0.2) is 10.6 Å². The summed E-state index contributed by atoms with van der Waals surface area (Å²) in [5.74, 6) is 1.36. The Morgan fingerprint density at radius 2 is 0.610 bits per heavy atom. The largest absolute Gasteiger partial charge is 0.416 e. The molecule has 0 saturated heterocycles. The van der Waals surface area contributed by atoms with Crippen LogP contribution in [0, 0.1) is 0 Å². The number of hydrogen-bond donors (Lipinski definition) is 0. The van der Waals surface area contributed by atoms with Gasteiger partial charge in [0.25, 0.3) is 0 Å². The monoisotopic (exact) mass is 1150 g/mol. The molecule has 0 heterocycles. The maximum Gasteiger partial charge on any atom is 0.416 e. The molecule has 0 amide bonds. The number of carbonyl (C=O) groups is 1. The number of alkyl halides is 24. The molecule has 1 atom stereocenters. The minimum absolute atomic E-state index is 0.0350. The summed E-state index contributed by atoms with van der Waals surface area (Å²) in [6, 6.07) is 9.42. The van der Waals surface area contributed by atoms with E-state index in [1.54, 1.807) is 0 Å². The summed E-state index contributed by atoms with van der Waals surface area (Å²) in [5.41, 5.74) is -28.0. The van der Waals surface area contributed by atoms with Crippen LogP contribution in [0.5, 0.6) is 0 Å². The summed E-state index contributed by atoms with van der Waals surface area (Å²) in [4.78, 5) is 13.5. The van der Waals surface area contributed by atoms with E-state index in [1.165, 1.54) is 10.5 Å². The zero-order valence-corrected chi connectivity index (χ0v) is 39.7. The molecule has 0 radical (unpaired) electrons. The summed E-state index contributed by atoms with van der Waals surface area (Å²) in [5, 5.41) is 0. The Bertz CT molecular complexity index is 2610. The minimum Gasteiger partial charge on any atom is -0.289 e. The van der Waals surface area contributed by atoms with Crippen LogP contribution in [0.4, 0.5) is 105 Å². The smallest absolute Gasteiger partial charge is 0.289 e. The highest BCUT2D eigenvalue weighted by molar-refractivity contribution is 7.96. The molecule has 1 nitrogen and oxygen atoms in total. The molecule has 0 aliphatic carbocycles. The van der Waals surface area contributed by atoms with E-state index in [1.807, 2.05) is 30.3 Å². The van der Waals surface area contributed by atoms with E-state index in [0.29, 0.717) is 11.7 Å². The molecule has 0 N–H and O–H groups in total. The highest BCUT2D eigenvalue weighted by atomic mass is 32.2. The molecular weight excluding hydrogens is 1120 g/mol. The van der Waals surface area contributed by atoms with Crippen LogP contribution < -0.4 is 21.9 Å². The average molecular weight is 1150 g/mol. The summed E-state index contributed by atoms with van der Waals surface area (Å²) in [7, 11) is -0.0350. The second-order valence-electron chi connectivity index (χ2n) is 17.5. The van der Waals surface area contributed by atoms with E-state index in [9.17, 15) is 110 Å². The van der Waals surface area contributed by atoms with E-state index in [4.69, 9.17) is 0 Å². The van der Waals surface area contributed by atoms with Crippen LogP contribution in [0.3, 0.4) is 0 Å². The van der Waals surface area contributed by atoms with Crippen LogP contribution in [-0.4, -0.2) is 23.9 Å². The van der Waals surface area contributed by atoms with Crippen molar-refractivity contribution in [1.29, 1.82) is 0 Å². The number of ketones is 1. The fraction of sp³-hybridized carbons (Fsp3) is 0.260. The van der Waals surface area contributed by atoms with Crippen molar-refractivity contribution in [1.82, 2.24) is 0 Å². The van der Waals surface area contributed by atoms with E-state index < -0.39 is 195 Å². The highest BCUT2D eigenvalue weighted by Crippen LogP contribution is 2.41. The van der Waals surface area contributed by atoms with Crippen LogP contribution in [0.1, 0.15) is 80.2 Å². The maximum absolute atomic E-state index is 14.2. The minimum atomic E-state index is -6.13. The zero-order chi connectivity index (χ0) is 58.4. The van der Waals surface area contributed by atoms with Gasteiger partial charge in [-0.05, 0) is 47.9 Å². The molecular formula is C50H33BF24OS. The van der Waals surface area contributed by atoms with Crippen molar-refractivity contribution in [2.45, 2.75) is 74.1 Å². The second-order valence-corrected chi connectivity index (χ2v) is 19.6. The predicted octanol–water partition coefficient (Wildman–Crippen LogP) is 15.5. The Labute approximate surface area is 423 Å². The normalized spacial score (nSPS) is 13.8. The van der Waals surface area contributed by atoms with E-state index in [0.717, 1.165) is 5.56 Å². The van der Waals surface area contributed by atoms with Crippen LogP contribution in [0.25, 0.3) is 0 Å². The van der Waals surface area contributed by atoms with Crippen LogP contribution in [0.2, 0.25) is 0 Å². The van der Waals surface area contributed by atoms with Gasteiger partial charge in [-0.1, -0.05) is 105 Å². The fourth-order valence-electron chi connectivity index (χ4n) is 8.14. The summed E-state index contributed by atoms with van der Waals surface area (Å²) >= 11 is 0. The molecule has 0 aromatic heterocycles. The Balaban J connectivity index is 0.000000455. The molecule has 0 aliphatic heterocycles. The third-order valence-electron chi connectivity index (χ3n) is 11.8.